The number of para-hydroxylation sites is 1. The van der Waals surface area contributed by atoms with Crippen LogP contribution in [0.25, 0.3) is 0 Å². The number of ether oxygens (including phenoxy) is 2. The fraction of sp³-hybridized carbons (Fsp3) is 0.167. The van der Waals surface area contributed by atoms with E-state index in [0.29, 0.717) is 5.75 Å². The lowest BCUT2D eigenvalue weighted by atomic mass is 10.2. The highest BCUT2D eigenvalue weighted by Gasteiger charge is 2.30. The number of carboxylic acid groups (broad SMARTS) is 1. The van der Waals surface area contributed by atoms with Crippen molar-refractivity contribution in [1.29, 1.82) is 0 Å². The summed E-state index contributed by atoms with van der Waals surface area (Å²) in [5.74, 6) is -1.35. The Morgan fingerprint density at radius 2 is 1.65 bits per heavy atom. The maximum atomic E-state index is 13.6. The van der Waals surface area contributed by atoms with E-state index < -0.39 is 28.4 Å². The highest BCUT2D eigenvalue weighted by molar-refractivity contribution is 7.92. The molecule has 1 amide bonds. The summed E-state index contributed by atoms with van der Waals surface area (Å²) in [6.45, 7) is 1.20. The largest absolute Gasteiger partial charge is 0.497 e. The first-order valence-corrected chi connectivity index (χ1v) is 11.5. The third-order valence-corrected chi connectivity index (χ3v) is 6.76. The van der Waals surface area contributed by atoms with Gasteiger partial charge in [0.25, 0.3) is 10.0 Å². The molecule has 0 aliphatic heterocycles. The molecule has 0 spiro atoms. The number of nitrogens with zero attached hydrogens (tertiary/aromatic N) is 1. The maximum Gasteiger partial charge on any atom is 0.337 e. The molecule has 3 aromatic carbocycles. The van der Waals surface area contributed by atoms with Crippen LogP contribution < -0.4 is 19.1 Å². The molecule has 0 aromatic heterocycles. The lowest BCUT2D eigenvalue weighted by molar-refractivity contribution is -0.114. The number of nitrogens with one attached hydrogen (secondary N) is 1. The van der Waals surface area contributed by atoms with Crippen LogP contribution in [0.1, 0.15) is 15.9 Å². The molecule has 3 aromatic rings. The fourth-order valence-corrected chi connectivity index (χ4v) is 4.66. The van der Waals surface area contributed by atoms with Gasteiger partial charge in [0.05, 0.1) is 36.1 Å². The number of anilines is 2. The van der Waals surface area contributed by atoms with Crippen LogP contribution in [0.15, 0.2) is 71.6 Å². The number of sulfonamides is 1. The second-order valence-corrected chi connectivity index (χ2v) is 9.12. The van der Waals surface area contributed by atoms with E-state index in [1.165, 1.54) is 56.7 Å². The summed E-state index contributed by atoms with van der Waals surface area (Å²) in [6, 6.07) is 16.6. The van der Waals surface area contributed by atoms with Gasteiger partial charge in [-0.1, -0.05) is 29.8 Å². The van der Waals surface area contributed by atoms with Crippen molar-refractivity contribution >= 4 is 33.3 Å². The van der Waals surface area contributed by atoms with E-state index in [4.69, 9.17) is 9.47 Å². The smallest absolute Gasteiger partial charge is 0.337 e. The standard InChI is InChI=1S/C24H24N2O7S/c1-16-8-11-18(12-9-16)34(30,31)26(21-13-10-17(32-2)14-22(21)33-3)15-23(27)25-20-7-5-4-6-19(20)24(28)29/h4-14H,15H2,1-3H3,(H,25,27)(H,28,29). The predicted molar refractivity (Wildman–Crippen MR) is 127 cm³/mol. The van der Waals surface area contributed by atoms with Gasteiger partial charge in [-0.25, -0.2) is 13.2 Å². The zero-order valence-electron chi connectivity index (χ0n) is 18.8. The molecule has 9 nitrogen and oxygen atoms in total. The quantitative estimate of drug-likeness (QED) is 0.476. The molecule has 0 aliphatic carbocycles. The van der Waals surface area contributed by atoms with Gasteiger partial charge in [0.2, 0.25) is 5.91 Å². The third-order valence-electron chi connectivity index (χ3n) is 4.98. The highest BCUT2D eigenvalue weighted by Crippen LogP contribution is 2.35. The van der Waals surface area contributed by atoms with Gasteiger partial charge in [-0.3, -0.25) is 9.10 Å². The molecule has 0 aliphatic rings. The van der Waals surface area contributed by atoms with Gasteiger partial charge in [0, 0.05) is 6.07 Å². The summed E-state index contributed by atoms with van der Waals surface area (Å²) < 4.78 is 38.7. The third kappa shape index (κ3) is 5.29. The number of hydrogen-bond acceptors (Lipinski definition) is 6. The van der Waals surface area contributed by atoms with Crippen molar-refractivity contribution < 1.29 is 32.6 Å². The van der Waals surface area contributed by atoms with Crippen molar-refractivity contribution in [2.45, 2.75) is 11.8 Å². The van der Waals surface area contributed by atoms with Crippen molar-refractivity contribution in [3.8, 4) is 11.5 Å². The molecule has 0 heterocycles. The summed E-state index contributed by atoms with van der Waals surface area (Å²) in [6.07, 6.45) is 0. The number of carboxylic acids is 1. The van der Waals surface area contributed by atoms with Crippen molar-refractivity contribution in [2.24, 2.45) is 0 Å². The van der Waals surface area contributed by atoms with Gasteiger partial charge < -0.3 is 19.9 Å². The topological polar surface area (TPSA) is 122 Å². The van der Waals surface area contributed by atoms with Crippen LogP contribution in [0.3, 0.4) is 0 Å². The Morgan fingerprint density at radius 3 is 2.26 bits per heavy atom. The van der Waals surface area contributed by atoms with E-state index in [9.17, 15) is 23.1 Å². The van der Waals surface area contributed by atoms with Gasteiger partial charge in [0.15, 0.2) is 0 Å². The lowest BCUT2D eigenvalue weighted by Crippen LogP contribution is -2.38. The normalized spacial score (nSPS) is 10.9. The number of amides is 1. The number of hydrogen-bond donors (Lipinski definition) is 2. The van der Waals surface area contributed by atoms with E-state index in [-0.39, 0.29) is 27.6 Å². The molecule has 3 rings (SSSR count). The van der Waals surface area contributed by atoms with Crippen molar-refractivity contribution in [2.75, 3.05) is 30.4 Å². The zero-order valence-corrected chi connectivity index (χ0v) is 19.6. The van der Waals surface area contributed by atoms with Gasteiger partial charge in [-0.05, 0) is 43.3 Å². The van der Waals surface area contributed by atoms with Crippen LogP contribution in [0.5, 0.6) is 11.5 Å². The molecule has 178 valence electrons. The lowest BCUT2D eigenvalue weighted by Gasteiger charge is -2.26. The zero-order chi connectivity index (χ0) is 24.9. The second-order valence-electron chi connectivity index (χ2n) is 7.26. The number of methoxy groups -OCH3 is 2. The molecular weight excluding hydrogens is 460 g/mol. The molecule has 10 heteroatoms. The number of carbonyl (C=O) groups is 2. The van der Waals surface area contributed by atoms with Crippen LogP contribution in [0.4, 0.5) is 11.4 Å². The minimum Gasteiger partial charge on any atom is -0.497 e. The monoisotopic (exact) mass is 484 g/mol. The van der Waals surface area contributed by atoms with E-state index in [1.54, 1.807) is 24.3 Å². The van der Waals surface area contributed by atoms with Crippen LogP contribution in [-0.2, 0) is 14.8 Å². The summed E-state index contributed by atoms with van der Waals surface area (Å²) >= 11 is 0. The first-order valence-electron chi connectivity index (χ1n) is 10.1. The Balaban J connectivity index is 2.05. The van der Waals surface area contributed by atoms with Crippen molar-refractivity contribution in [3.63, 3.8) is 0 Å². The van der Waals surface area contributed by atoms with Gasteiger partial charge in [-0.2, -0.15) is 0 Å². The van der Waals surface area contributed by atoms with E-state index in [2.05, 4.69) is 5.32 Å². The molecule has 0 saturated heterocycles. The van der Waals surface area contributed by atoms with Gasteiger partial charge >= 0.3 is 5.97 Å². The number of carbonyl (C=O) groups excluding carboxylic acids is 1. The van der Waals surface area contributed by atoms with E-state index in [0.717, 1.165) is 9.87 Å². The predicted octanol–water partition coefficient (Wildman–Crippen LogP) is 3.54. The first-order chi connectivity index (χ1) is 16.2. The molecule has 0 saturated carbocycles. The van der Waals surface area contributed by atoms with Gasteiger partial charge in [-0.15, -0.1) is 0 Å². The number of benzene rings is 3. The molecule has 0 bridgehead atoms. The molecule has 2 N–H and O–H groups in total. The summed E-state index contributed by atoms with van der Waals surface area (Å²) in [5.41, 5.74) is 0.918. The fourth-order valence-electron chi connectivity index (χ4n) is 3.23. The van der Waals surface area contributed by atoms with Crippen LogP contribution in [0, 0.1) is 6.92 Å². The van der Waals surface area contributed by atoms with E-state index >= 15 is 0 Å². The molecular formula is C24H24N2O7S. The summed E-state index contributed by atoms with van der Waals surface area (Å²) in [4.78, 5) is 24.4. The van der Waals surface area contributed by atoms with Crippen molar-refractivity contribution in [3.05, 3.63) is 77.9 Å². The molecule has 34 heavy (non-hydrogen) atoms. The summed E-state index contributed by atoms with van der Waals surface area (Å²) in [5, 5.41) is 11.9. The average molecular weight is 485 g/mol. The van der Waals surface area contributed by atoms with E-state index in [1.807, 2.05) is 6.92 Å². The first kappa shape index (κ1) is 24.6. The molecule has 0 fully saturated rings. The molecule has 0 radical (unpaired) electrons. The van der Waals surface area contributed by atoms with Crippen LogP contribution >= 0.6 is 0 Å². The maximum absolute atomic E-state index is 13.6. The number of aryl methyl sites for hydroxylation is 1. The number of rotatable bonds is 9. The minimum absolute atomic E-state index is 0.0188. The van der Waals surface area contributed by atoms with Crippen LogP contribution in [0.2, 0.25) is 0 Å². The Kier molecular flexibility index (Phi) is 7.42. The second kappa shape index (κ2) is 10.3. The minimum atomic E-state index is -4.20. The Morgan fingerprint density at radius 1 is 0.971 bits per heavy atom. The summed E-state index contributed by atoms with van der Waals surface area (Å²) in [7, 11) is -1.37. The average Bonchev–Trinajstić information content (AvgIpc) is 2.82. The highest BCUT2D eigenvalue weighted by atomic mass is 32.2. The van der Waals surface area contributed by atoms with Crippen molar-refractivity contribution in [1.82, 2.24) is 0 Å². The van der Waals surface area contributed by atoms with Crippen LogP contribution in [-0.4, -0.2) is 46.2 Å². The molecule has 0 unspecified atom stereocenters. The Bertz CT molecular complexity index is 1310. The molecule has 0 atom stereocenters. The Hall–Kier alpha value is -4.05. The Labute approximate surface area is 197 Å². The number of aromatic carboxylic acids is 1. The SMILES string of the molecule is COc1ccc(N(CC(=O)Nc2ccccc2C(=O)O)S(=O)(=O)c2ccc(C)cc2)c(OC)c1. The van der Waals surface area contributed by atoms with Gasteiger partial charge in [0.1, 0.15) is 18.0 Å².